The minimum atomic E-state index is -0.240. The van der Waals surface area contributed by atoms with Crippen LogP contribution in [0.25, 0.3) is 10.9 Å². The zero-order chi connectivity index (χ0) is 15.9. The molecule has 0 spiro atoms. The van der Waals surface area contributed by atoms with Gasteiger partial charge in [-0.05, 0) is 49.7 Å². The summed E-state index contributed by atoms with van der Waals surface area (Å²) < 4.78 is 0. The van der Waals surface area contributed by atoms with Crippen LogP contribution in [0.15, 0.2) is 36.4 Å². The van der Waals surface area contributed by atoms with Crippen molar-refractivity contribution in [2.45, 2.75) is 13.8 Å². The molecule has 0 unspecified atom stereocenters. The number of aryl methyl sites for hydroxylation is 2. The third-order valence-electron chi connectivity index (χ3n) is 3.62. The molecule has 112 valence electrons. The first-order valence-electron chi connectivity index (χ1n) is 6.81. The maximum atomic E-state index is 12.5. The molecule has 2 aromatic carbocycles. The van der Waals surface area contributed by atoms with Gasteiger partial charge in [0.05, 0.1) is 10.7 Å². The van der Waals surface area contributed by atoms with Crippen LogP contribution in [0.2, 0.25) is 10.0 Å². The van der Waals surface area contributed by atoms with E-state index in [4.69, 9.17) is 23.2 Å². The van der Waals surface area contributed by atoms with E-state index in [1.165, 1.54) is 0 Å². The van der Waals surface area contributed by atoms with Crippen molar-refractivity contribution in [2.75, 3.05) is 5.32 Å². The lowest BCUT2D eigenvalue weighted by Gasteiger charge is -2.07. The van der Waals surface area contributed by atoms with Crippen LogP contribution in [0.1, 0.15) is 21.6 Å². The third-order valence-corrected chi connectivity index (χ3v) is 4.18. The van der Waals surface area contributed by atoms with Gasteiger partial charge < -0.3 is 10.3 Å². The second kappa shape index (κ2) is 5.67. The molecule has 0 radical (unpaired) electrons. The van der Waals surface area contributed by atoms with Crippen molar-refractivity contribution in [3.05, 3.63) is 63.3 Å². The van der Waals surface area contributed by atoms with Gasteiger partial charge in [-0.25, -0.2) is 0 Å². The van der Waals surface area contributed by atoms with Gasteiger partial charge in [0.25, 0.3) is 5.91 Å². The Labute approximate surface area is 138 Å². The number of H-pyrrole nitrogens is 1. The van der Waals surface area contributed by atoms with E-state index >= 15 is 0 Å². The molecule has 3 rings (SSSR count). The predicted octanol–water partition coefficient (Wildman–Crippen LogP) is 5.34. The molecule has 5 heteroatoms. The molecule has 0 saturated heterocycles. The summed E-state index contributed by atoms with van der Waals surface area (Å²) in [5.74, 6) is -0.240. The van der Waals surface area contributed by atoms with E-state index in [2.05, 4.69) is 16.4 Å². The van der Waals surface area contributed by atoms with Gasteiger partial charge in [0.2, 0.25) is 0 Å². The van der Waals surface area contributed by atoms with E-state index in [0.29, 0.717) is 21.4 Å². The van der Waals surface area contributed by atoms with Crippen LogP contribution in [0.4, 0.5) is 5.69 Å². The SMILES string of the molecule is Cc1ccc2[nH]c(C(=O)Nc3cc(Cl)ccc3Cl)c(C)c2c1. The summed E-state index contributed by atoms with van der Waals surface area (Å²) in [5, 5.41) is 4.80. The molecule has 0 atom stereocenters. The Bertz CT molecular complexity index is 884. The summed E-state index contributed by atoms with van der Waals surface area (Å²) in [5.41, 5.74) is 4.02. The lowest BCUT2D eigenvalue weighted by Crippen LogP contribution is -2.13. The van der Waals surface area contributed by atoms with Crippen LogP contribution in [-0.2, 0) is 0 Å². The number of carbonyl (C=O) groups is 1. The van der Waals surface area contributed by atoms with Crippen LogP contribution < -0.4 is 5.32 Å². The predicted molar refractivity (Wildman–Crippen MR) is 92.2 cm³/mol. The van der Waals surface area contributed by atoms with Crippen molar-refractivity contribution in [1.82, 2.24) is 4.98 Å². The van der Waals surface area contributed by atoms with E-state index in [9.17, 15) is 4.79 Å². The second-order valence-electron chi connectivity index (χ2n) is 5.25. The molecular formula is C17H14Cl2N2O. The first-order chi connectivity index (χ1) is 10.5. The molecule has 0 aliphatic heterocycles. The van der Waals surface area contributed by atoms with Crippen molar-refractivity contribution >= 4 is 45.7 Å². The largest absolute Gasteiger partial charge is 0.350 e. The number of carbonyl (C=O) groups excluding carboxylic acids is 1. The normalized spacial score (nSPS) is 10.9. The van der Waals surface area contributed by atoms with Gasteiger partial charge in [-0.1, -0.05) is 34.8 Å². The molecule has 2 N–H and O–H groups in total. The molecule has 1 heterocycles. The van der Waals surface area contributed by atoms with Gasteiger partial charge in [-0.3, -0.25) is 4.79 Å². The fraction of sp³-hybridized carbons (Fsp3) is 0.118. The number of hydrogen-bond acceptors (Lipinski definition) is 1. The minimum absolute atomic E-state index is 0.240. The fourth-order valence-corrected chi connectivity index (χ4v) is 2.78. The fourth-order valence-electron chi connectivity index (χ4n) is 2.45. The molecule has 1 amide bonds. The number of aromatic nitrogens is 1. The highest BCUT2D eigenvalue weighted by Crippen LogP contribution is 2.27. The van der Waals surface area contributed by atoms with E-state index in [0.717, 1.165) is 22.0 Å². The number of aromatic amines is 1. The molecule has 0 bridgehead atoms. The zero-order valence-electron chi connectivity index (χ0n) is 12.1. The van der Waals surface area contributed by atoms with Crippen LogP contribution >= 0.6 is 23.2 Å². The zero-order valence-corrected chi connectivity index (χ0v) is 13.6. The average molecular weight is 333 g/mol. The van der Waals surface area contributed by atoms with E-state index in [1.54, 1.807) is 18.2 Å². The topological polar surface area (TPSA) is 44.9 Å². The molecule has 3 nitrogen and oxygen atoms in total. The van der Waals surface area contributed by atoms with Gasteiger partial charge >= 0.3 is 0 Å². The summed E-state index contributed by atoms with van der Waals surface area (Å²) in [6.45, 7) is 3.95. The molecule has 0 aliphatic rings. The lowest BCUT2D eigenvalue weighted by atomic mass is 10.1. The van der Waals surface area contributed by atoms with Crippen LogP contribution in [0.3, 0.4) is 0 Å². The van der Waals surface area contributed by atoms with Crippen LogP contribution in [-0.4, -0.2) is 10.9 Å². The first-order valence-corrected chi connectivity index (χ1v) is 7.56. The smallest absolute Gasteiger partial charge is 0.272 e. The molecule has 0 fully saturated rings. The highest BCUT2D eigenvalue weighted by Gasteiger charge is 2.16. The summed E-state index contributed by atoms with van der Waals surface area (Å²) in [6.07, 6.45) is 0. The number of anilines is 1. The Hall–Kier alpha value is -1.97. The Morgan fingerprint density at radius 2 is 1.86 bits per heavy atom. The van der Waals surface area contributed by atoms with Gasteiger partial charge in [0, 0.05) is 15.9 Å². The number of benzene rings is 2. The molecule has 1 aromatic heterocycles. The maximum Gasteiger partial charge on any atom is 0.272 e. The quantitative estimate of drug-likeness (QED) is 0.653. The number of fused-ring (bicyclic) bond motifs is 1. The number of rotatable bonds is 2. The summed E-state index contributed by atoms with van der Waals surface area (Å²) in [4.78, 5) is 15.7. The number of halogens is 2. The van der Waals surface area contributed by atoms with Crippen molar-refractivity contribution in [3.63, 3.8) is 0 Å². The Balaban J connectivity index is 1.99. The number of hydrogen-bond donors (Lipinski definition) is 2. The average Bonchev–Trinajstić information content (AvgIpc) is 2.80. The van der Waals surface area contributed by atoms with E-state index < -0.39 is 0 Å². The second-order valence-corrected chi connectivity index (χ2v) is 6.10. The van der Waals surface area contributed by atoms with Crippen molar-refractivity contribution < 1.29 is 4.79 Å². The Morgan fingerprint density at radius 1 is 1.09 bits per heavy atom. The maximum absolute atomic E-state index is 12.5. The number of amides is 1. The van der Waals surface area contributed by atoms with Crippen molar-refractivity contribution in [2.24, 2.45) is 0 Å². The van der Waals surface area contributed by atoms with Gasteiger partial charge in [-0.15, -0.1) is 0 Å². The molecule has 0 saturated carbocycles. The molecule has 0 aliphatic carbocycles. The monoisotopic (exact) mass is 332 g/mol. The van der Waals surface area contributed by atoms with Gasteiger partial charge in [-0.2, -0.15) is 0 Å². The first kappa shape index (κ1) is 14.9. The van der Waals surface area contributed by atoms with Crippen LogP contribution in [0, 0.1) is 13.8 Å². The standard InChI is InChI=1S/C17H14Cl2N2O/c1-9-3-6-14-12(7-9)10(2)16(20-14)17(22)21-15-8-11(18)4-5-13(15)19/h3-8,20H,1-2H3,(H,21,22). The Kier molecular flexibility index (Phi) is 3.85. The van der Waals surface area contributed by atoms with Gasteiger partial charge in [0.15, 0.2) is 0 Å². The summed E-state index contributed by atoms with van der Waals surface area (Å²) >= 11 is 12.0. The number of nitrogens with one attached hydrogen (secondary N) is 2. The van der Waals surface area contributed by atoms with Crippen molar-refractivity contribution in [1.29, 1.82) is 0 Å². The Morgan fingerprint density at radius 3 is 2.64 bits per heavy atom. The van der Waals surface area contributed by atoms with E-state index in [1.807, 2.05) is 26.0 Å². The highest BCUT2D eigenvalue weighted by molar-refractivity contribution is 6.35. The van der Waals surface area contributed by atoms with Crippen molar-refractivity contribution in [3.8, 4) is 0 Å². The third kappa shape index (κ3) is 2.70. The van der Waals surface area contributed by atoms with Gasteiger partial charge in [0.1, 0.15) is 5.69 Å². The summed E-state index contributed by atoms with van der Waals surface area (Å²) in [6, 6.07) is 11.0. The van der Waals surface area contributed by atoms with E-state index in [-0.39, 0.29) is 5.91 Å². The highest BCUT2D eigenvalue weighted by atomic mass is 35.5. The molecule has 3 aromatic rings. The minimum Gasteiger partial charge on any atom is -0.350 e. The van der Waals surface area contributed by atoms with Crippen LogP contribution in [0.5, 0.6) is 0 Å². The lowest BCUT2D eigenvalue weighted by molar-refractivity contribution is 0.102. The molecular weight excluding hydrogens is 319 g/mol. The molecule has 22 heavy (non-hydrogen) atoms. The summed E-state index contributed by atoms with van der Waals surface area (Å²) in [7, 11) is 0.